The number of carbonyl (C=O) groups excluding carboxylic acids is 1. The van der Waals surface area contributed by atoms with Crippen LogP contribution in [-0.4, -0.2) is 39.8 Å². The maximum absolute atomic E-state index is 12.5. The molecule has 3 rings (SSSR count). The quantitative estimate of drug-likeness (QED) is 0.599. The molecule has 1 N–H and O–H groups in total. The van der Waals surface area contributed by atoms with E-state index in [1.54, 1.807) is 17.4 Å². The first-order valence-electron chi connectivity index (χ1n) is 7.42. The van der Waals surface area contributed by atoms with E-state index >= 15 is 0 Å². The van der Waals surface area contributed by atoms with Gasteiger partial charge < -0.3 is 10.2 Å². The number of nitrogens with one attached hydrogen (secondary N) is 1. The molecule has 1 fully saturated rings. The minimum atomic E-state index is 0.182. The first-order chi connectivity index (χ1) is 11.3. The molecule has 5 nitrogen and oxygen atoms in total. The third-order valence-corrected chi connectivity index (χ3v) is 6.54. The van der Waals surface area contributed by atoms with E-state index in [2.05, 4.69) is 39.6 Å². The van der Waals surface area contributed by atoms with Crippen LogP contribution < -0.4 is 5.32 Å². The molecule has 122 valence electrons. The molecule has 1 unspecified atom stereocenters. The Morgan fingerprint density at radius 3 is 3.26 bits per heavy atom. The third kappa shape index (κ3) is 4.13. The van der Waals surface area contributed by atoms with E-state index in [1.165, 1.54) is 28.0 Å². The zero-order valence-corrected chi connectivity index (χ0v) is 15.1. The molecule has 3 heterocycles. The van der Waals surface area contributed by atoms with Gasteiger partial charge >= 0.3 is 0 Å². The predicted octanol–water partition coefficient (Wildman–Crippen LogP) is 3.65. The first-order valence-corrected chi connectivity index (χ1v) is 10.1. The number of nitrogens with zero attached hydrogens (tertiary/aromatic N) is 3. The van der Waals surface area contributed by atoms with Gasteiger partial charge in [-0.1, -0.05) is 35.2 Å². The average molecular weight is 367 g/mol. The first kappa shape index (κ1) is 16.5. The van der Waals surface area contributed by atoms with E-state index in [4.69, 9.17) is 0 Å². The van der Waals surface area contributed by atoms with Crippen molar-refractivity contribution in [1.82, 2.24) is 15.1 Å². The van der Waals surface area contributed by atoms with E-state index in [9.17, 15) is 4.79 Å². The normalized spacial score (nSPS) is 17.4. The summed E-state index contributed by atoms with van der Waals surface area (Å²) in [5.41, 5.74) is 0. The van der Waals surface area contributed by atoms with Crippen LogP contribution in [0.1, 0.15) is 23.8 Å². The van der Waals surface area contributed by atoms with Gasteiger partial charge in [0.15, 0.2) is 4.34 Å². The number of carbonyl (C=O) groups is 1. The summed E-state index contributed by atoms with van der Waals surface area (Å²) in [6, 6.07) is 4.42. The standard InChI is InChI=1S/C15H18N4OS3/c1-2-7-16-14-17-18-15(23-14)22-10-13(20)19-8-3-5-11(19)12-6-4-9-21-12/h2,4,6,9,11H,1,3,5,7-8,10H2,(H,16,17). The molecule has 1 aliphatic heterocycles. The summed E-state index contributed by atoms with van der Waals surface area (Å²) in [5.74, 6) is 0.597. The zero-order valence-electron chi connectivity index (χ0n) is 12.6. The van der Waals surface area contributed by atoms with Crippen molar-refractivity contribution in [3.8, 4) is 0 Å². The Kier molecular flexibility index (Phi) is 5.69. The van der Waals surface area contributed by atoms with Crippen LogP contribution >= 0.6 is 34.4 Å². The molecular weight excluding hydrogens is 348 g/mol. The van der Waals surface area contributed by atoms with Gasteiger partial charge in [0.1, 0.15) is 0 Å². The largest absolute Gasteiger partial charge is 0.357 e. The molecule has 0 aromatic carbocycles. The van der Waals surface area contributed by atoms with Crippen molar-refractivity contribution in [2.24, 2.45) is 0 Å². The van der Waals surface area contributed by atoms with Crippen LogP contribution in [0.5, 0.6) is 0 Å². The summed E-state index contributed by atoms with van der Waals surface area (Å²) in [6.45, 7) is 5.17. The number of rotatable bonds is 7. The van der Waals surface area contributed by atoms with E-state index in [0.29, 0.717) is 12.3 Å². The van der Waals surface area contributed by atoms with Gasteiger partial charge in [0, 0.05) is 18.0 Å². The number of hydrogen-bond donors (Lipinski definition) is 1. The van der Waals surface area contributed by atoms with Crippen LogP contribution in [0.3, 0.4) is 0 Å². The van der Waals surface area contributed by atoms with Gasteiger partial charge in [-0.05, 0) is 24.3 Å². The van der Waals surface area contributed by atoms with Crippen LogP contribution in [0.15, 0.2) is 34.5 Å². The summed E-state index contributed by atoms with van der Waals surface area (Å²) < 4.78 is 0.816. The fourth-order valence-electron chi connectivity index (χ4n) is 2.55. The Morgan fingerprint density at radius 1 is 1.57 bits per heavy atom. The summed E-state index contributed by atoms with van der Waals surface area (Å²) in [7, 11) is 0. The molecule has 8 heteroatoms. The fourth-order valence-corrected chi connectivity index (χ4v) is 5.07. The van der Waals surface area contributed by atoms with Gasteiger partial charge in [0.2, 0.25) is 11.0 Å². The summed E-state index contributed by atoms with van der Waals surface area (Å²) in [6.07, 6.45) is 3.91. The monoisotopic (exact) mass is 366 g/mol. The van der Waals surface area contributed by atoms with Crippen molar-refractivity contribution in [2.75, 3.05) is 24.2 Å². The molecule has 1 amide bonds. The van der Waals surface area contributed by atoms with Crippen LogP contribution in [0.4, 0.5) is 5.13 Å². The maximum Gasteiger partial charge on any atom is 0.233 e. The molecule has 0 spiro atoms. The number of amides is 1. The Balaban J connectivity index is 1.54. The van der Waals surface area contributed by atoms with Crippen molar-refractivity contribution in [3.63, 3.8) is 0 Å². The number of likely N-dealkylation sites (tertiary alicyclic amines) is 1. The lowest BCUT2D eigenvalue weighted by Gasteiger charge is -2.23. The van der Waals surface area contributed by atoms with E-state index in [1.807, 2.05) is 4.90 Å². The molecule has 0 aliphatic carbocycles. The summed E-state index contributed by atoms with van der Waals surface area (Å²) in [5, 5.41) is 14.1. The van der Waals surface area contributed by atoms with Crippen LogP contribution in [0.25, 0.3) is 0 Å². The lowest BCUT2D eigenvalue weighted by atomic mass is 10.2. The van der Waals surface area contributed by atoms with Crippen LogP contribution in [0.2, 0.25) is 0 Å². The Morgan fingerprint density at radius 2 is 2.48 bits per heavy atom. The number of aromatic nitrogens is 2. The highest BCUT2D eigenvalue weighted by atomic mass is 32.2. The second-order valence-corrected chi connectivity index (χ2v) is 8.27. The lowest BCUT2D eigenvalue weighted by molar-refractivity contribution is -0.129. The van der Waals surface area contributed by atoms with E-state index < -0.39 is 0 Å². The lowest BCUT2D eigenvalue weighted by Crippen LogP contribution is -2.31. The van der Waals surface area contributed by atoms with Gasteiger partial charge in [-0.15, -0.1) is 28.1 Å². The minimum Gasteiger partial charge on any atom is -0.357 e. The highest BCUT2D eigenvalue weighted by Crippen LogP contribution is 2.35. The maximum atomic E-state index is 12.5. The predicted molar refractivity (Wildman–Crippen MR) is 97.3 cm³/mol. The second-order valence-electron chi connectivity index (χ2n) is 5.09. The van der Waals surface area contributed by atoms with Crippen molar-refractivity contribution in [1.29, 1.82) is 0 Å². The SMILES string of the molecule is C=CCNc1nnc(SCC(=O)N2CCCC2c2cccs2)s1. The molecule has 1 aliphatic rings. The molecule has 0 bridgehead atoms. The Labute approximate surface area is 147 Å². The number of thiophene rings is 1. The zero-order chi connectivity index (χ0) is 16.1. The minimum absolute atomic E-state index is 0.182. The van der Waals surface area contributed by atoms with Gasteiger partial charge in [-0.3, -0.25) is 4.79 Å². The molecule has 0 saturated carbocycles. The van der Waals surface area contributed by atoms with Crippen molar-refractivity contribution in [2.45, 2.75) is 23.2 Å². The second kappa shape index (κ2) is 7.94. The summed E-state index contributed by atoms with van der Waals surface area (Å²) >= 11 is 4.66. The summed E-state index contributed by atoms with van der Waals surface area (Å²) in [4.78, 5) is 15.8. The van der Waals surface area contributed by atoms with Gasteiger partial charge in [-0.25, -0.2) is 0 Å². The van der Waals surface area contributed by atoms with Gasteiger partial charge in [0.05, 0.1) is 11.8 Å². The molecule has 23 heavy (non-hydrogen) atoms. The molecule has 2 aromatic rings. The highest BCUT2D eigenvalue weighted by molar-refractivity contribution is 8.01. The van der Waals surface area contributed by atoms with E-state index in [0.717, 1.165) is 28.9 Å². The average Bonchev–Trinajstić information content (AvgIpc) is 3.31. The fraction of sp³-hybridized carbons (Fsp3) is 0.400. The smallest absolute Gasteiger partial charge is 0.233 e. The van der Waals surface area contributed by atoms with Crippen molar-refractivity contribution in [3.05, 3.63) is 35.0 Å². The Bertz CT molecular complexity index is 655. The topological polar surface area (TPSA) is 58.1 Å². The molecule has 0 radical (unpaired) electrons. The number of thioether (sulfide) groups is 1. The Hall–Kier alpha value is -1.38. The highest BCUT2D eigenvalue weighted by Gasteiger charge is 2.30. The van der Waals surface area contributed by atoms with Crippen LogP contribution in [0, 0.1) is 0 Å². The van der Waals surface area contributed by atoms with Gasteiger partial charge in [-0.2, -0.15) is 0 Å². The van der Waals surface area contributed by atoms with E-state index in [-0.39, 0.29) is 11.9 Å². The third-order valence-electron chi connectivity index (χ3n) is 3.57. The van der Waals surface area contributed by atoms with Crippen LogP contribution in [-0.2, 0) is 4.79 Å². The van der Waals surface area contributed by atoms with Crippen molar-refractivity contribution < 1.29 is 4.79 Å². The molecule has 2 aromatic heterocycles. The number of anilines is 1. The molecular formula is C15H18N4OS3. The molecule has 1 saturated heterocycles. The molecule has 1 atom stereocenters. The van der Waals surface area contributed by atoms with Crippen molar-refractivity contribution >= 4 is 45.5 Å². The number of hydrogen-bond acceptors (Lipinski definition) is 7. The van der Waals surface area contributed by atoms with Gasteiger partial charge in [0.25, 0.3) is 0 Å².